The molecule has 0 aromatic heterocycles. The van der Waals surface area contributed by atoms with Crippen molar-refractivity contribution in [3.05, 3.63) is 47.5 Å². The molecule has 2 aliphatic rings. The molecule has 0 unspecified atom stereocenters. The first-order chi connectivity index (χ1) is 11.3. The highest BCUT2D eigenvalue weighted by molar-refractivity contribution is 6.13. The van der Waals surface area contributed by atoms with Gasteiger partial charge in [0.05, 0.1) is 6.04 Å². The Morgan fingerprint density at radius 2 is 1.54 bits per heavy atom. The van der Waals surface area contributed by atoms with E-state index in [0.29, 0.717) is 11.8 Å². The van der Waals surface area contributed by atoms with Crippen LogP contribution in [-0.4, -0.2) is 16.7 Å². The molecule has 1 aromatic carbocycles. The van der Waals surface area contributed by atoms with Crippen molar-refractivity contribution in [1.82, 2.24) is 4.90 Å². The van der Waals surface area contributed by atoms with Crippen molar-refractivity contribution in [2.24, 2.45) is 11.8 Å². The molecule has 1 heterocycles. The van der Waals surface area contributed by atoms with E-state index in [0.717, 1.165) is 24.8 Å². The number of rotatable bonds is 5. The van der Waals surface area contributed by atoms with Crippen LogP contribution >= 0.6 is 0 Å². The summed E-state index contributed by atoms with van der Waals surface area (Å²) < 4.78 is 0. The lowest BCUT2D eigenvalue weighted by Gasteiger charge is -2.35. The number of amides is 2. The van der Waals surface area contributed by atoms with Crippen molar-refractivity contribution in [2.45, 2.75) is 58.4 Å². The van der Waals surface area contributed by atoms with E-state index in [9.17, 15) is 9.59 Å². The van der Waals surface area contributed by atoms with Gasteiger partial charge in [0, 0.05) is 12.2 Å². The summed E-state index contributed by atoms with van der Waals surface area (Å²) in [5, 5.41) is 0. The molecule has 0 N–H and O–H groups in total. The summed E-state index contributed by atoms with van der Waals surface area (Å²) in [5.74, 6) is 0.784. The number of nitrogens with zero attached hydrogens (tertiary/aromatic N) is 1. The fourth-order valence-corrected chi connectivity index (χ4v) is 4.84. The van der Waals surface area contributed by atoms with Crippen molar-refractivity contribution in [1.29, 1.82) is 0 Å². The second-order valence-corrected chi connectivity index (χ2v) is 8.16. The van der Waals surface area contributed by atoms with E-state index in [2.05, 4.69) is 45.9 Å². The minimum Gasteiger partial charge on any atom is -0.269 e. The van der Waals surface area contributed by atoms with E-state index >= 15 is 0 Å². The van der Waals surface area contributed by atoms with Crippen LogP contribution in [0.25, 0.3) is 0 Å². The van der Waals surface area contributed by atoms with Gasteiger partial charge >= 0.3 is 0 Å². The number of carbonyl (C=O) groups is 2. The maximum atomic E-state index is 12.3. The Kier molecular flexibility index (Phi) is 4.37. The first kappa shape index (κ1) is 16.9. The highest BCUT2D eigenvalue weighted by Crippen LogP contribution is 2.53. The van der Waals surface area contributed by atoms with Crippen molar-refractivity contribution >= 4 is 11.8 Å². The number of benzene rings is 1. The van der Waals surface area contributed by atoms with Gasteiger partial charge in [-0.15, -0.1) is 0 Å². The second kappa shape index (κ2) is 6.19. The Balaban J connectivity index is 2.07. The highest BCUT2D eigenvalue weighted by atomic mass is 16.2. The van der Waals surface area contributed by atoms with Crippen molar-refractivity contribution in [2.75, 3.05) is 0 Å². The molecule has 24 heavy (non-hydrogen) atoms. The van der Waals surface area contributed by atoms with E-state index in [4.69, 9.17) is 0 Å². The summed E-state index contributed by atoms with van der Waals surface area (Å²) in [6, 6.07) is 8.28. The number of carbonyl (C=O) groups excluding carboxylic acids is 2. The van der Waals surface area contributed by atoms with Gasteiger partial charge in [-0.1, -0.05) is 52.0 Å². The third-order valence-corrected chi connectivity index (χ3v) is 5.23. The van der Waals surface area contributed by atoms with Gasteiger partial charge in [0.2, 0.25) is 0 Å². The van der Waals surface area contributed by atoms with Crippen LogP contribution in [0.2, 0.25) is 0 Å². The molecule has 1 aromatic rings. The molecule has 0 spiro atoms. The fraction of sp³-hybridized carbons (Fsp3) is 0.524. The zero-order chi connectivity index (χ0) is 17.5. The lowest BCUT2D eigenvalue weighted by atomic mass is 9.70. The molecule has 0 saturated carbocycles. The van der Waals surface area contributed by atoms with Crippen molar-refractivity contribution in [3.63, 3.8) is 0 Å². The number of imide groups is 1. The van der Waals surface area contributed by atoms with E-state index in [1.165, 1.54) is 22.6 Å². The van der Waals surface area contributed by atoms with E-state index in [1.807, 2.05) is 6.07 Å². The van der Waals surface area contributed by atoms with Crippen LogP contribution in [0.15, 0.2) is 36.4 Å². The Bertz CT molecular complexity index is 659. The van der Waals surface area contributed by atoms with Crippen LogP contribution < -0.4 is 0 Å². The topological polar surface area (TPSA) is 37.4 Å². The molecule has 3 heteroatoms. The van der Waals surface area contributed by atoms with Crippen LogP contribution in [0.4, 0.5) is 0 Å². The molecule has 0 fully saturated rings. The maximum absolute atomic E-state index is 12.3. The smallest absolute Gasteiger partial charge is 0.254 e. The third-order valence-electron chi connectivity index (χ3n) is 5.23. The largest absolute Gasteiger partial charge is 0.269 e. The van der Waals surface area contributed by atoms with Gasteiger partial charge in [0.1, 0.15) is 0 Å². The standard InChI is InChI=1S/C21H27NO2/c1-14(2)11-21(12-15(3)4)13-18(16-7-5-6-8-17(16)21)22-19(23)9-10-20(22)24/h5-10,14-15,18H,11-13H2,1-4H3/t18-/m0/s1. The van der Waals surface area contributed by atoms with Crippen molar-refractivity contribution in [3.8, 4) is 0 Å². The summed E-state index contributed by atoms with van der Waals surface area (Å²) in [6.45, 7) is 9.02. The summed E-state index contributed by atoms with van der Waals surface area (Å²) >= 11 is 0. The minimum absolute atomic E-state index is 0.0484. The van der Waals surface area contributed by atoms with Crippen LogP contribution in [0.3, 0.4) is 0 Å². The van der Waals surface area contributed by atoms with Gasteiger partial charge in [-0.05, 0) is 47.6 Å². The molecule has 0 saturated heterocycles. The molecular formula is C21H27NO2. The zero-order valence-electron chi connectivity index (χ0n) is 15.1. The first-order valence-corrected chi connectivity index (χ1v) is 8.99. The molecule has 1 aliphatic heterocycles. The third kappa shape index (κ3) is 2.81. The average Bonchev–Trinajstić information content (AvgIpc) is 2.97. The van der Waals surface area contributed by atoms with E-state index in [-0.39, 0.29) is 23.3 Å². The molecule has 0 radical (unpaired) electrons. The Morgan fingerprint density at radius 1 is 1.00 bits per heavy atom. The highest BCUT2D eigenvalue weighted by Gasteiger charge is 2.48. The quantitative estimate of drug-likeness (QED) is 0.753. The molecule has 3 nitrogen and oxygen atoms in total. The Morgan fingerprint density at radius 3 is 2.08 bits per heavy atom. The van der Waals surface area contributed by atoms with Gasteiger partial charge in [0.25, 0.3) is 11.8 Å². The molecule has 3 rings (SSSR count). The van der Waals surface area contributed by atoms with Crippen LogP contribution in [0.5, 0.6) is 0 Å². The van der Waals surface area contributed by atoms with Gasteiger partial charge in [0.15, 0.2) is 0 Å². The molecule has 1 atom stereocenters. The van der Waals surface area contributed by atoms with Gasteiger partial charge in [-0.25, -0.2) is 0 Å². The monoisotopic (exact) mass is 325 g/mol. The van der Waals surface area contributed by atoms with Crippen LogP contribution in [0, 0.1) is 11.8 Å². The lowest BCUT2D eigenvalue weighted by Crippen LogP contribution is -2.35. The van der Waals surface area contributed by atoms with Crippen LogP contribution in [-0.2, 0) is 15.0 Å². The minimum atomic E-state index is -0.176. The van der Waals surface area contributed by atoms with Crippen molar-refractivity contribution < 1.29 is 9.59 Å². The zero-order valence-corrected chi connectivity index (χ0v) is 15.1. The van der Waals surface area contributed by atoms with Gasteiger partial charge < -0.3 is 0 Å². The summed E-state index contributed by atoms with van der Waals surface area (Å²) in [5.41, 5.74) is 2.54. The molecule has 2 amide bonds. The molecular weight excluding hydrogens is 298 g/mol. The first-order valence-electron chi connectivity index (χ1n) is 8.99. The van der Waals surface area contributed by atoms with E-state index < -0.39 is 0 Å². The maximum Gasteiger partial charge on any atom is 0.254 e. The molecule has 1 aliphatic carbocycles. The van der Waals surface area contributed by atoms with Crippen LogP contribution in [0.1, 0.15) is 64.1 Å². The summed E-state index contributed by atoms with van der Waals surface area (Å²) in [4.78, 5) is 26.0. The lowest BCUT2D eigenvalue weighted by molar-refractivity contribution is -0.139. The normalized spacial score (nSPS) is 22.1. The Hall–Kier alpha value is -1.90. The van der Waals surface area contributed by atoms with Gasteiger partial charge in [-0.3, -0.25) is 14.5 Å². The summed E-state index contributed by atoms with van der Waals surface area (Å²) in [7, 11) is 0. The average molecular weight is 325 g/mol. The number of hydrogen-bond donors (Lipinski definition) is 0. The molecule has 128 valence electrons. The number of hydrogen-bond acceptors (Lipinski definition) is 2. The Labute approximate surface area is 144 Å². The second-order valence-electron chi connectivity index (χ2n) is 8.16. The predicted molar refractivity (Wildman–Crippen MR) is 95.4 cm³/mol. The fourth-order valence-electron chi connectivity index (χ4n) is 4.84. The summed E-state index contributed by atoms with van der Waals surface area (Å²) in [6.07, 6.45) is 5.82. The molecule has 0 bridgehead atoms. The van der Waals surface area contributed by atoms with E-state index in [1.54, 1.807) is 0 Å². The number of fused-ring (bicyclic) bond motifs is 1. The van der Waals surface area contributed by atoms with Gasteiger partial charge in [-0.2, -0.15) is 0 Å². The SMILES string of the molecule is CC(C)CC1(CC(C)C)C[C@H](N2C(=O)C=CC2=O)c2ccccc21. The predicted octanol–water partition coefficient (Wildman–Crippen LogP) is 4.39.